The van der Waals surface area contributed by atoms with Gasteiger partial charge in [-0.1, -0.05) is 80.6 Å². The number of benzene rings is 3. The summed E-state index contributed by atoms with van der Waals surface area (Å²) in [7, 11) is 1.16. The van der Waals surface area contributed by atoms with Gasteiger partial charge in [0.15, 0.2) is 29.9 Å². The van der Waals surface area contributed by atoms with Gasteiger partial charge in [0.1, 0.15) is 48.3 Å². The smallest absolute Gasteiger partial charge is 0.350 e. The lowest BCUT2D eigenvalue weighted by Crippen LogP contribution is -2.82. The molecule has 5 aliphatic rings. The first-order chi connectivity index (χ1) is 38.3. The van der Waals surface area contributed by atoms with Gasteiger partial charge in [-0.25, -0.2) is 14.4 Å². The molecule has 23 nitrogen and oxygen atoms in total. The van der Waals surface area contributed by atoms with E-state index >= 15 is 9.59 Å². The van der Waals surface area contributed by atoms with Crippen molar-refractivity contribution in [2.45, 2.75) is 152 Å². The number of ketones is 1. The Bertz CT molecular complexity index is 2900. The van der Waals surface area contributed by atoms with E-state index in [4.69, 9.17) is 42.6 Å². The maximum atomic E-state index is 15.8. The molecule has 2 saturated carbocycles. The molecule has 0 unspecified atom stereocenters. The van der Waals surface area contributed by atoms with Crippen molar-refractivity contribution < 1.29 is 107 Å². The van der Waals surface area contributed by atoms with Crippen molar-refractivity contribution in [1.82, 2.24) is 5.32 Å². The molecule has 1 amide bonds. The molecule has 3 aromatic carbocycles. The van der Waals surface area contributed by atoms with E-state index in [-0.39, 0.29) is 53.9 Å². The van der Waals surface area contributed by atoms with Gasteiger partial charge in [0.05, 0.1) is 29.6 Å². The molecule has 0 radical (unpaired) electrons. The normalized spacial score (nSPS) is 32.8. The van der Waals surface area contributed by atoms with E-state index in [1.54, 1.807) is 66.7 Å². The summed E-state index contributed by atoms with van der Waals surface area (Å²) >= 11 is 0. The molecule has 2 saturated heterocycles. The number of carboxylic acids is 1. The number of rotatable bonds is 18. The molecular formula is C58H67NO22. The number of aliphatic carboxylic acids is 1. The van der Waals surface area contributed by atoms with E-state index in [0.717, 1.165) is 21.0 Å². The van der Waals surface area contributed by atoms with Crippen molar-refractivity contribution >= 4 is 47.5 Å². The highest BCUT2D eigenvalue weighted by molar-refractivity contribution is 5.96. The number of hydrogen-bond acceptors (Lipinski definition) is 21. The summed E-state index contributed by atoms with van der Waals surface area (Å²) in [4.78, 5) is 112. The first-order valence-corrected chi connectivity index (χ1v) is 26.4. The first kappa shape index (κ1) is 60.1. The van der Waals surface area contributed by atoms with E-state index in [1.807, 2.05) is 0 Å². The average molecular weight is 1130 g/mol. The number of hydrogen-bond donors (Lipinski definition) is 6. The molecule has 3 aromatic rings. The lowest BCUT2D eigenvalue weighted by Gasteiger charge is -2.67. The molecule has 23 heteroatoms. The van der Waals surface area contributed by atoms with E-state index in [2.05, 4.69) is 5.32 Å². The molecule has 8 rings (SSSR count). The summed E-state index contributed by atoms with van der Waals surface area (Å²) in [5, 5.41) is 59.8. The second-order valence-corrected chi connectivity index (χ2v) is 21.7. The van der Waals surface area contributed by atoms with Crippen LogP contribution in [0.4, 0.5) is 0 Å². The summed E-state index contributed by atoms with van der Waals surface area (Å²) in [6.45, 7) is 7.29. The van der Waals surface area contributed by atoms with Gasteiger partial charge in [-0.15, -0.1) is 0 Å². The zero-order valence-corrected chi connectivity index (χ0v) is 45.6. The molecule has 436 valence electrons. The highest BCUT2D eigenvalue weighted by atomic mass is 16.7. The van der Waals surface area contributed by atoms with Gasteiger partial charge < -0.3 is 73.5 Å². The Morgan fingerprint density at radius 2 is 1.43 bits per heavy atom. The summed E-state index contributed by atoms with van der Waals surface area (Å²) in [6, 6.07) is 22.0. The number of carboxylic acid groups (broad SMARTS) is 1. The predicted molar refractivity (Wildman–Crippen MR) is 276 cm³/mol. The van der Waals surface area contributed by atoms with E-state index in [1.165, 1.54) is 52.0 Å². The Morgan fingerprint density at radius 1 is 0.815 bits per heavy atom. The second-order valence-electron chi connectivity index (χ2n) is 21.7. The van der Waals surface area contributed by atoms with Crippen molar-refractivity contribution in [2.75, 3.05) is 20.3 Å². The summed E-state index contributed by atoms with van der Waals surface area (Å²) < 4.78 is 53.0. The third kappa shape index (κ3) is 11.2. The molecule has 0 aromatic heterocycles. The average Bonchev–Trinajstić information content (AvgIpc) is 1.34. The number of aliphatic hydroxyl groups excluding tert-OH is 3. The Morgan fingerprint density at radius 3 is 2.00 bits per heavy atom. The summed E-state index contributed by atoms with van der Waals surface area (Å²) in [6.07, 6.45) is -20.4. The van der Waals surface area contributed by atoms with E-state index < -0.39 is 162 Å². The lowest BCUT2D eigenvalue weighted by molar-refractivity contribution is -0.346. The van der Waals surface area contributed by atoms with E-state index in [9.17, 15) is 54.3 Å². The number of fused-ring (bicyclic) bond motifs is 5. The third-order valence-electron chi connectivity index (χ3n) is 16.6. The van der Waals surface area contributed by atoms with Crippen molar-refractivity contribution in [3.05, 3.63) is 119 Å². The van der Waals surface area contributed by atoms with Crippen LogP contribution in [0.2, 0.25) is 0 Å². The van der Waals surface area contributed by atoms with Gasteiger partial charge in [0.2, 0.25) is 6.10 Å². The number of esters is 5. The molecule has 2 aliphatic heterocycles. The van der Waals surface area contributed by atoms with Crippen LogP contribution in [0.3, 0.4) is 0 Å². The van der Waals surface area contributed by atoms with Gasteiger partial charge in [0.25, 0.3) is 5.91 Å². The fourth-order valence-electron chi connectivity index (χ4n) is 12.3. The van der Waals surface area contributed by atoms with Crippen LogP contribution in [0.25, 0.3) is 0 Å². The first-order valence-electron chi connectivity index (χ1n) is 26.4. The maximum Gasteiger partial charge on any atom is 0.350 e. The molecule has 16 atom stereocenters. The number of aliphatic hydroxyl groups is 4. The number of amides is 1. The van der Waals surface area contributed by atoms with Crippen molar-refractivity contribution in [3.63, 3.8) is 0 Å². The number of ether oxygens (including phenoxy) is 9. The van der Waals surface area contributed by atoms with Crippen LogP contribution in [0.1, 0.15) is 99.5 Å². The SMILES string of the molecule is CO[C@H]1O[C@H](C(=O)O)[C@@H](O)[C@H](O)[C@H]1OCCCC(=O)O[C@@H](C(=O)O[C@H]1C[C@@]2(O)[C@@H](OC(=O)c3ccccc3)[C@@H]3[C@]4(OC(C)=O)CO[C@@H]4C[C@H](O)[C@@]3(C)C(=O)[C@H](OC(C)=O)C(=C1C)C2(C)C)[C@@H](NC(=O)c1ccccc1)c1ccccc1. The number of methoxy groups -OCH3 is 1. The number of nitrogens with one attached hydrogen (secondary N) is 1. The Labute approximate surface area is 465 Å². The third-order valence-corrected chi connectivity index (χ3v) is 16.6. The van der Waals surface area contributed by atoms with Crippen molar-refractivity contribution in [2.24, 2.45) is 16.7 Å². The number of carbonyl (C=O) groups is 8. The Hall–Kier alpha value is -6.96. The highest BCUT2D eigenvalue weighted by Gasteiger charge is 2.78. The number of carbonyl (C=O) groups excluding carboxylic acids is 7. The van der Waals surface area contributed by atoms with Gasteiger partial charge >= 0.3 is 35.8 Å². The molecule has 2 bridgehead atoms. The Balaban J connectivity index is 1.21. The quantitative estimate of drug-likeness (QED) is 0.0461. The minimum atomic E-state index is -2.54. The Kier molecular flexibility index (Phi) is 17.7. The van der Waals surface area contributed by atoms with Crippen molar-refractivity contribution in [3.8, 4) is 0 Å². The lowest BCUT2D eigenvalue weighted by atomic mass is 9.44. The summed E-state index contributed by atoms with van der Waals surface area (Å²) in [5.74, 6) is -10.0. The van der Waals surface area contributed by atoms with Crippen molar-refractivity contribution in [1.29, 1.82) is 0 Å². The van der Waals surface area contributed by atoms with Crippen LogP contribution < -0.4 is 5.32 Å². The van der Waals surface area contributed by atoms with Crippen LogP contribution in [-0.2, 0) is 71.4 Å². The minimum Gasteiger partial charge on any atom is -0.479 e. The minimum absolute atomic E-state index is 0.00462. The second kappa shape index (κ2) is 23.9. The van der Waals surface area contributed by atoms with E-state index in [0.29, 0.717) is 0 Å². The maximum absolute atomic E-state index is 15.8. The molecule has 0 spiro atoms. The van der Waals surface area contributed by atoms with Crippen LogP contribution in [0.5, 0.6) is 0 Å². The van der Waals surface area contributed by atoms with Crippen LogP contribution in [0.15, 0.2) is 102 Å². The zero-order valence-electron chi connectivity index (χ0n) is 45.6. The van der Waals surface area contributed by atoms with Crippen LogP contribution in [0, 0.1) is 16.7 Å². The zero-order chi connectivity index (χ0) is 58.9. The van der Waals surface area contributed by atoms with Gasteiger partial charge in [-0.2, -0.15) is 0 Å². The number of Topliss-reactive ketones (excluding diaryl/α,β-unsaturated/α-hetero) is 1. The molecule has 4 fully saturated rings. The largest absolute Gasteiger partial charge is 0.479 e. The fraction of sp³-hybridized carbons (Fsp3) is 0.517. The van der Waals surface area contributed by atoms with Gasteiger partial charge in [0, 0.05) is 57.8 Å². The molecular weight excluding hydrogens is 1060 g/mol. The predicted octanol–water partition coefficient (Wildman–Crippen LogP) is 2.63. The fourth-order valence-corrected chi connectivity index (χ4v) is 12.3. The van der Waals surface area contributed by atoms with Crippen LogP contribution in [-0.4, -0.2) is 172 Å². The molecule has 81 heavy (non-hydrogen) atoms. The standard InChI is InChI=1S/C58H67NO22/c1-29-35(27-58(72)49(80-52(70)34-22-15-10-16-23-34)47-56(6,36(62)26-37-57(47,28-75-37)81-31(3)61)48(66)43(76-30(2)60)39(29)55(58,4)5)77-53(71)44(40(32-18-11-8-12-19-32)59-50(67)33-20-13-9-14-21-33)78-38(63)24-17-25-74-46-42(65)41(64)45(51(68)69)79-54(46)73-7/h8-16,18-23,35-37,40-47,49,54,62,64-65,72H,17,24-28H2,1-7H3,(H,59,67)(H,68,69)/t35-,36-,37+,40-,41-,42-,43+,44+,45-,46+,47-,49-,54-,56+,57-,58+/m0/s1. The summed E-state index contributed by atoms with van der Waals surface area (Å²) in [5.41, 5.74) is -8.00. The van der Waals surface area contributed by atoms with Gasteiger partial charge in [-0.05, 0) is 61.2 Å². The topological polar surface area (TPSA) is 333 Å². The highest BCUT2D eigenvalue weighted by Crippen LogP contribution is 2.64. The van der Waals surface area contributed by atoms with Crippen LogP contribution >= 0.6 is 0 Å². The molecule has 6 N–H and O–H groups in total. The monoisotopic (exact) mass is 1130 g/mol. The van der Waals surface area contributed by atoms with Gasteiger partial charge in [-0.3, -0.25) is 24.0 Å². The molecule has 2 heterocycles. The molecule has 3 aliphatic carbocycles.